The van der Waals surface area contributed by atoms with E-state index in [0.29, 0.717) is 5.75 Å². The lowest BCUT2D eigenvalue weighted by atomic mass is 9.84. The Hall–Kier alpha value is -1.63. The summed E-state index contributed by atoms with van der Waals surface area (Å²) in [6, 6.07) is 9.44. The van der Waals surface area contributed by atoms with Crippen LogP contribution in [0.5, 0.6) is 5.75 Å². The molecule has 4 fully saturated rings. The van der Waals surface area contributed by atoms with Gasteiger partial charge in [0.25, 0.3) is 5.91 Å². The van der Waals surface area contributed by atoms with Gasteiger partial charge in [-0.1, -0.05) is 18.2 Å². The van der Waals surface area contributed by atoms with E-state index in [-0.39, 0.29) is 36.4 Å². The number of carbonyl (C=O) groups is 1. The zero-order chi connectivity index (χ0) is 17.2. The van der Waals surface area contributed by atoms with E-state index in [9.17, 15) is 4.79 Å². The zero-order valence-electron chi connectivity index (χ0n) is 14.5. The van der Waals surface area contributed by atoms with Gasteiger partial charge in [0, 0.05) is 12.5 Å². The van der Waals surface area contributed by atoms with Crippen LogP contribution in [-0.4, -0.2) is 53.8 Å². The Labute approximate surface area is 147 Å². The Kier molecular flexibility index (Phi) is 3.39. The molecule has 6 atom stereocenters. The maximum absolute atomic E-state index is 12.6. The van der Waals surface area contributed by atoms with Gasteiger partial charge in [-0.05, 0) is 38.8 Å². The highest BCUT2D eigenvalue weighted by molar-refractivity contribution is 5.89. The number of β-lactam (4-membered cyclic amide) rings is 1. The first-order chi connectivity index (χ1) is 12.0. The SMILES string of the molecule is CC1(C)O[C@H]2OC3C(CCCN4C(=O)[C@H](Oc5ccccc5)[C@H]34)[C@H]2O1. The third-order valence-corrected chi connectivity index (χ3v) is 5.70. The minimum atomic E-state index is -0.609. The lowest BCUT2D eigenvalue weighted by Gasteiger charge is -2.48. The average molecular weight is 345 g/mol. The fraction of sp³-hybridized carbons (Fsp3) is 0.632. The van der Waals surface area contributed by atoms with Gasteiger partial charge in [0.1, 0.15) is 17.9 Å². The summed E-state index contributed by atoms with van der Waals surface area (Å²) in [5.74, 6) is 0.393. The number of hydrogen-bond acceptors (Lipinski definition) is 5. The van der Waals surface area contributed by atoms with E-state index in [1.54, 1.807) is 0 Å². The molecule has 6 heteroatoms. The highest BCUT2D eigenvalue weighted by Gasteiger charge is 2.64. The van der Waals surface area contributed by atoms with Gasteiger partial charge in [-0.25, -0.2) is 0 Å². The Balaban J connectivity index is 1.39. The molecular weight excluding hydrogens is 322 g/mol. The number of fused-ring (bicyclic) bond motifs is 5. The minimum absolute atomic E-state index is 0.0531. The average Bonchev–Trinajstić information content (AvgIpc) is 2.98. The highest BCUT2D eigenvalue weighted by Crippen LogP contribution is 2.48. The van der Waals surface area contributed by atoms with Crippen LogP contribution >= 0.6 is 0 Å². The van der Waals surface area contributed by atoms with E-state index in [1.807, 2.05) is 49.1 Å². The highest BCUT2D eigenvalue weighted by atomic mass is 16.8. The van der Waals surface area contributed by atoms with Crippen molar-refractivity contribution in [2.24, 2.45) is 5.92 Å². The molecule has 0 spiro atoms. The van der Waals surface area contributed by atoms with Crippen molar-refractivity contribution in [3.63, 3.8) is 0 Å². The van der Waals surface area contributed by atoms with Crippen LogP contribution in [-0.2, 0) is 19.0 Å². The second kappa shape index (κ2) is 5.43. The number of carbonyl (C=O) groups excluding carboxylic acids is 1. The summed E-state index contributed by atoms with van der Waals surface area (Å²) in [4.78, 5) is 14.5. The number of hydrogen-bond donors (Lipinski definition) is 0. The van der Waals surface area contributed by atoms with Gasteiger partial charge in [-0.15, -0.1) is 0 Å². The van der Waals surface area contributed by atoms with Crippen molar-refractivity contribution in [1.29, 1.82) is 0 Å². The summed E-state index contributed by atoms with van der Waals surface area (Å²) in [5.41, 5.74) is 0. The molecule has 0 N–H and O–H groups in total. The molecule has 1 amide bonds. The number of nitrogens with zero attached hydrogens (tertiary/aromatic N) is 1. The van der Waals surface area contributed by atoms with Gasteiger partial charge in [0.15, 0.2) is 18.2 Å². The Morgan fingerprint density at radius 3 is 2.76 bits per heavy atom. The van der Waals surface area contributed by atoms with Crippen LogP contribution in [0.25, 0.3) is 0 Å². The fourth-order valence-electron chi connectivity index (χ4n) is 4.67. The molecule has 0 radical (unpaired) electrons. The lowest BCUT2D eigenvalue weighted by molar-refractivity contribution is -0.226. The van der Waals surface area contributed by atoms with Crippen LogP contribution in [0, 0.1) is 5.92 Å². The van der Waals surface area contributed by atoms with Crippen molar-refractivity contribution >= 4 is 5.91 Å². The Bertz CT molecular complexity index is 678. The van der Waals surface area contributed by atoms with Crippen LogP contribution in [0.2, 0.25) is 0 Å². The van der Waals surface area contributed by atoms with E-state index >= 15 is 0 Å². The second-order valence-corrected chi connectivity index (χ2v) is 7.75. The molecule has 134 valence electrons. The number of rotatable bonds is 2. The molecule has 4 heterocycles. The molecule has 2 unspecified atom stereocenters. The van der Waals surface area contributed by atoms with Gasteiger partial charge in [-0.2, -0.15) is 0 Å². The monoisotopic (exact) mass is 345 g/mol. The third kappa shape index (κ3) is 2.39. The summed E-state index contributed by atoms with van der Waals surface area (Å²) >= 11 is 0. The van der Waals surface area contributed by atoms with Gasteiger partial charge in [0.05, 0.1) is 6.10 Å². The Morgan fingerprint density at radius 1 is 1.16 bits per heavy atom. The number of ether oxygens (including phenoxy) is 4. The summed E-state index contributed by atoms with van der Waals surface area (Å²) in [7, 11) is 0. The van der Waals surface area contributed by atoms with Crippen molar-refractivity contribution in [1.82, 2.24) is 4.90 Å². The molecule has 1 aromatic carbocycles. The van der Waals surface area contributed by atoms with E-state index in [4.69, 9.17) is 18.9 Å². The zero-order valence-corrected chi connectivity index (χ0v) is 14.5. The number of para-hydroxylation sites is 1. The van der Waals surface area contributed by atoms with Crippen molar-refractivity contribution in [2.75, 3.05) is 6.54 Å². The van der Waals surface area contributed by atoms with Gasteiger partial charge in [-0.3, -0.25) is 4.79 Å². The second-order valence-electron chi connectivity index (χ2n) is 7.75. The maximum atomic E-state index is 12.6. The van der Waals surface area contributed by atoms with E-state index in [2.05, 4.69) is 0 Å². The minimum Gasteiger partial charge on any atom is -0.478 e. The van der Waals surface area contributed by atoms with Crippen molar-refractivity contribution in [2.45, 2.75) is 63.1 Å². The maximum Gasteiger partial charge on any atom is 0.266 e. The molecule has 0 saturated carbocycles. The molecule has 0 aliphatic carbocycles. The smallest absolute Gasteiger partial charge is 0.266 e. The fourth-order valence-corrected chi connectivity index (χ4v) is 4.67. The van der Waals surface area contributed by atoms with Gasteiger partial charge in [0.2, 0.25) is 0 Å². The van der Waals surface area contributed by atoms with E-state index < -0.39 is 11.9 Å². The predicted octanol–water partition coefficient (Wildman–Crippen LogP) is 1.93. The molecule has 4 aliphatic rings. The number of amides is 1. The topological polar surface area (TPSA) is 57.2 Å². The molecule has 4 saturated heterocycles. The molecule has 0 bridgehead atoms. The first-order valence-corrected chi connectivity index (χ1v) is 9.07. The first-order valence-electron chi connectivity index (χ1n) is 9.07. The van der Waals surface area contributed by atoms with Crippen molar-refractivity contribution < 1.29 is 23.7 Å². The summed E-state index contributed by atoms with van der Waals surface area (Å²) < 4.78 is 24.2. The normalized spacial score (nSPS) is 41.4. The van der Waals surface area contributed by atoms with E-state index in [0.717, 1.165) is 19.4 Å². The van der Waals surface area contributed by atoms with Crippen LogP contribution < -0.4 is 4.74 Å². The largest absolute Gasteiger partial charge is 0.478 e. The molecule has 0 aromatic heterocycles. The van der Waals surface area contributed by atoms with Crippen molar-refractivity contribution in [3.8, 4) is 5.75 Å². The summed E-state index contributed by atoms with van der Waals surface area (Å²) in [5, 5.41) is 0. The summed E-state index contributed by atoms with van der Waals surface area (Å²) in [6.07, 6.45) is 0.937. The van der Waals surface area contributed by atoms with Crippen LogP contribution in [0.15, 0.2) is 30.3 Å². The Morgan fingerprint density at radius 2 is 1.96 bits per heavy atom. The van der Waals surface area contributed by atoms with Gasteiger partial charge < -0.3 is 23.8 Å². The van der Waals surface area contributed by atoms with Gasteiger partial charge >= 0.3 is 0 Å². The lowest BCUT2D eigenvalue weighted by Crippen LogP contribution is -2.71. The molecule has 6 nitrogen and oxygen atoms in total. The molecule has 4 aliphatic heterocycles. The molecule has 1 aromatic rings. The van der Waals surface area contributed by atoms with Crippen molar-refractivity contribution in [3.05, 3.63) is 30.3 Å². The molecule has 25 heavy (non-hydrogen) atoms. The third-order valence-electron chi connectivity index (χ3n) is 5.70. The van der Waals surface area contributed by atoms with Crippen LogP contribution in [0.4, 0.5) is 0 Å². The number of benzene rings is 1. The van der Waals surface area contributed by atoms with Crippen LogP contribution in [0.3, 0.4) is 0 Å². The van der Waals surface area contributed by atoms with E-state index in [1.165, 1.54) is 0 Å². The van der Waals surface area contributed by atoms with Crippen LogP contribution in [0.1, 0.15) is 26.7 Å². The predicted molar refractivity (Wildman–Crippen MR) is 87.8 cm³/mol. The first kappa shape index (κ1) is 15.6. The standard InChI is InChI=1S/C19H23NO5/c1-19(2)24-15-12-9-6-10-20-13(14(12)23-18(15)25-19)16(17(20)21)22-11-7-4-3-5-8-11/h3-5,7-8,12-16,18H,6,9-10H2,1-2H3/t12?,13-,14?,15+,16+,18+/m0/s1. The molecular formula is C19H23NO5. The summed E-state index contributed by atoms with van der Waals surface area (Å²) in [6.45, 7) is 4.60. The quantitative estimate of drug-likeness (QED) is 0.767. The molecule has 5 rings (SSSR count).